The second kappa shape index (κ2) is 7.74. The molecule has 3 rings (SSSR count). The smallest absolute Gasteiger partial charge is 0.336 e. The van der Waals surface area contributed by atoms with Crippen LogP contribution in [0, 0.1) is 0 Å². The van der Waals surface area contributed by atoms with Gasteiger partial charge in [-0.25, -0.2) is 4.79 Å². The first kappa shape index (κ1) is 17.5. The van der Waals surface area contributed by atoms with E-state index in [2.05, 4.69) is 5.32 Å². The molecule has 1 heterocycles. The number of rotatable bonds is 6. The van der Waals surface area contributed by atoms with Gasteiger partial charge in [-0.05, 0) is 31.2 Å². The standard InChI is InChI=1S/C20H19NO5/c1-13(16-5-3-4-6-17(16)24-2)21-19(22)12-25-15-9-7-14-8-10-20(23)26-18(14)11-15/h3-11,13H,12H2,1-2H3,(H,21,22). The number of ether oxygens (including phenoxy) is 2. The van der Waals surface area contributed by atoms with Gasteiger partial charge < -0.3 is 19.2 Å². The lowest BCUT2D eigenvalue weighted by Gasteiger charge is -2.17. The molecule has 0 saturated carbocycles. The minimum Gasteiger partial charge on any atom is -0.496 e. The van der Waals surface area contributed by atoms with E-state index in [-0.39, 0.29) is 18.6 Å². The van der Waals surface area contributed by atoms with Gasteiger partial charge in [0, 0.05) is 23.1 Å². The Morgan fingerprint density at radius 1 is 1.15 bits per heavy atom. The van der Waals surface area contributed by atoms with Crippen molar-refractivity contribution in [3.8, 4) is 11.5 Å². The quantitative estimate of drug-likeness (QED) is 0.689. The molecule has 1 unspecified atom stereocenters. The minimum absolute atomic E-state index is 0.151. The van der Waals surface area contributed by atoms with E-state index in [0.717, 1.165) is 10.9 Å². The van der Waals surface area contributed by atoms with Crippen LogP contribution >= 0.6 is 0 Å². The summed E-state index contributed by atoms with van der Waals surface area (Å²) in [6.07, 6.45) is 0. The number of hydrogen-bond acceptors (Lipinski definition) is 5. The van der Waals surface area contributed by atoms with E-state index in [1.54, 1.807) is 31.4 Å². The molecule has 3 aromatic rings. The van der Waals surface area contributed by atoms with Crippen LogP contribution < -0.4 is 20.4 Å². The molecule has 1 N–H and O–H groups in total. The van der Waals surface area contributed by atoms with Crippen LogP contribution in [0.25, 0.3) is 11.0 Å². The summed E-state index contributed by atoms with van der Waals surface area (Å²) in [4.78, 5) is 23.5. The summed E-state index contributed by atoms with van der Waals surface area (Å²) in [5, 5.41) is 3.65. The first-order chi connectivity index (χ1) is 12.6. The Hall–Kier alpha value is -3.28. The number of fused-ring (bicyclic) bond motifs is 1. The van der Waals surface area contributed by atoms with Gasteiger partial charge in [-0.3, -0.25) is 4.79 Å². The van der Waals surface area contributed by atoms with Crippen molar-refractivity contribution in [3.05, 3.63) is 70.6 Å². The summed E-state index contributed by atoms with van der Waals surface area (Å²) in [7, 11) is 1.59. The van der Waals surface area contributed by atoms with E-state index in [0.29, 0.717) is 17.1 Å². The van der Waals surface area contributed by atoms with Crippen LogP contribution in [-0.4, -0.2) is 19.6 Å². The highest BCUT2D eigenvalue weighted by Crippen LogP contribution is 2.24. The lowest BCUT2D eigenvalue weighted by Crippen LogP contribution is -2.31. The predicted molar refractivity (Wildman–Crippen MR) is 97.5 cm³/mol. The number of carbonyl (C=O) groups is 1. The molecule has 6 nitrogen and oxygen atoms in total. The fourth-order valence-electron chi connectivity index (χ4n) is 2.66. The van der Waals surface area contributed by atoms with Crippen LogP contribution in [0.5, 0.6) is 11.5 Å². The SMILES string of the molecule is COc1ccccc1C(C)NC(=O)COc1ccc2ccc(=O)oc2c1. The molecule has 1 atom stereocenters. The van der Waals surface area contributed by atoms with Crippen molar-refractivity contribution < 1.29 is 18.7 Å². The number of para-hydroxylation sites is 1. The summed E-state index contributed by atoms with van der Waals surface area (Å²) in [6, 6.07) is 15.4. The topological polar surface area (TPSA) is 77.8 Å². The number of hydrogen-bond donors (Lipinski definition) is 1. The molecule has 0 aliphatic rings. The zero-order chi connectivity index (χ0) is 18.5. The monoisotopic (exact) mass is 353 g/mol. The zero-order valence-electron chi connectivity index (χ0n) is 14.5. The molecular formula is C20H19NO5. The number of methoxy groups -OCH3 is 1. The Labute approximate surface area is 150 Å². The average Bonchev–Trinajstić information content (AvgIpc) is 2.65. The Bertz CT molecular complexity index is 979. The average molecular weight is 353 g/mol. The third-order valence-electron chi connectivity index (χ3n) is 3.95. The molecule has 26 heavy (non-hydrogen) atoms. The van der Waals surface area contributed by atoms with Crippen molar-refractivity contribution in [1.29, 1.82) is 0 Å². The van der Waals surface area contributed by atoms with Crippen molar-refractivity contribution in [2.24, 2.45) is 0 Å². The molecular weight excluding hydrogens is 334 g/mol. The molecule has 2 aromatic carbocycles. The molecule has 6 heteroatoms. The zero-order valence-corrected chi connectivity index (χ0v) is 14.5. The van der Waals surface area contributed by atoms with Crippen molar-refractivity contribution in [1.82, 2.24) is 5.32 Å². The maximum absolute atomic E-state index is 12.2. The normalized spacial score (nSPS) is 11.8. The van der Waals surface area contributed by atoms with Crippen LogP contribution in [0.15, 0.2) is 63.8 Å². The number of amides is 1. The first-order valence-electron chi connectivity index (χ1n) is 8.16. The van der Waals surface area contributed by atoms with Gasteiger partial charge in [0.25, 0.3) is 5.91 Å². The summed E-state index contributed by atoms with van der Waals surface area (Å²) in [5.41, 5.74) is 0.867. The van der Waals surface area contributed by atoms with Gasteiger partial charge in [0.2, 0.25) is 0 Å². The maximum Gasteiger partial charge on any atom is 0.336 e. The third-order valence-corrected chi connectivity index (χ3v) is 3.95. The van der Waals surface area contributed by atoms with Gasteiger partial charge in [0.05, 0.1) is 13.2 Å². The molecule has 0 bridgehead atoms. The Morgan fingerprint density at radius 3 is 2.73 bits per heavy atom. The number of nitrogens with one attached hydrogen (secondary N) is 1. The van der Waals surface area contributed by atoms with Gasteiger partial charge in [-0.1, -0.05) is 18.2 Å². The molecule has 0 aliphatic carbocycles. The number of benzene rings is 2. The lowest BCUT2D eigenvalue weighted by molar-refractivity contribution is -0.123. The van der Waals surface area contributed by atoms with Crippen molar-refractivity contribution >= 4 is 16.9 Å². The second-order valence-electron chi connectivity index (χ2n) is 5.77. The highest BCUT2D eigenvalue weighted by Gasteiger charge is 2.14. The van der Waals surface area contributed by atoms with Crippen molar-refractivity contribution in [2.45, 2.75) is 13.0 Å². The molecule has 1 amide bonds. The molecule has 134 valence electrons. The number of carbonyl (C=O) groups excluding carboxylic acids is 1. The fourth-order valence-corrected chi connectivity index (χ4v) is 2.66. The van der Waals surface area contributed by atoms with Crippen LogP contribution in [0.4, 0.5) is 0 Å². The highest BCUT2D eigenvalue weighted by molar-refractivity contribution is 5.79. The highest BCUT2D eigenvalue weighted by atomic mass is 16.5. The van der Waals surface area contributed by atoms with E-state index < -0.39 is 5.63 Å². The summed E-state index contributed by atoms with van der Waals surface area (Å²) in [5.74, 6) is 0.899. The largest absolute Gasteiger partial charge is 0.496 e. The predicted octanol–water partition coefficient (Wildman–Crippen LogP) is 3.06. The molecule has 0 saturated heterocycles. The Balaban J connectivity index is 1.62. The summed E-state index contributed by atoms with van der Waals surface area (Å²) >= 11 is 0. The lowest BCUT2D eigenvalue weighted by atomic mass is 10.1. The van der Waals surface area contributed by atoms with E-state index >= 15 is 0 Å². The Morgan fingerprint density at radius 2 is 1.92 bits per heavy atom. The first-order valence-corrected chi connectivity index (χ1v) is 8.16. The van der Waals surface area contributed by atoms with E-state index in [9.17, 15) is 9.59 Å². The fraction of sp³-hybridized carbons (Fsp3) is 0.200. The van der Waals surface area contributed by atoms with Crippen LogP contribution in [0.1, 0.15) is 18.5 Å². The van der Waals surface area contributed by atoms with Gasteiger partial charge in [-0.15, -0.1) is 0 Å². The molecule has 1 aromatic heterocycles. The maximum atomic E-state index is 12.2. The third kappa shape index (κ3) is 4.03. The van der Waals surface area contributed by atoms with Gasteiger partial charge in [0.1, 0.15) is 17.1 Å². The summed E-state index contributed by atoms with van der Waals surface area (Å²) in [6.45, 7) is 1.72. The molecule has 0 radical (unpaired) electrons. The minimum atomic E-state index is -0.432. The van der Waals surface area contributed by atoms with Crippen LogP contribution in [0.3, 0.4) is 0 Å². The van der Waals surface area contributed by atoms with Gasteiger partial charge >= 0.3 is 5.63 Å². The van der Waals surface area contributed by atoms with Gasteiger partial charge in [0.15, 0.2) is 6.61 Å². The van der Waals surface area contributed by atoms with Crippen molar-refractivity contribution in [3.63, 3.8) is 0 Å². The van der Waals surface area contributed by atoms with Crippen molar-refractivity contribution in [2.75, 3.05) is 13.7 Å². The Kier molecular flexibility index (Phi) is 5.22. The molecule has 0 fully saturated rings. The summed E-state index contributed by atoms with van der Waals surface area (Å²) < 4.78 is 15.9. The van der Waals surface area contributed by atoms with E-state index in [4.69, 9.17) is 13.9 Å². The van der Waals surface area contributed by atoms with Crippen LogP contribution in [0.2, 0.25) is 0 Å². The van der Waals surface area contributed by atoms with E-state index in [1.807, 2.05) is 31.2 Å². The van der Waals surface area contributed by atoms with Gasteiger partial charge in [-0.2, -0.15) is 0 Å². The van der Waals surface area contributed by atoms with Crippen LogP contribution in [-0.2, 0) is 4.79 Å². The molecule has 0 aliphatic heterocycles. The van der Waals surface area contributed by atoms with E-state index in [1.165, 1.54) is 6.07 Å². The molecule has 0 spiro atoms. The second-order valence-corrected chi connectivity index (χ2v) is 5.77.